The van der Waals surface area contributed by atoms with Gasteiger partial charge in [-0.15, -0.1) is 0 Å². The van der Waals surface area contributed by atoms with Crippen LogP contribution in [-0.4, -0.2) is 36.3 Å². The number of carbonyl (C=O) groups is 2. The van der Waals surface area contributed by atoms with E-state index in [-0.39, 0.29) is 17.7 Å². The molecule has 2 amide bonds. The van der Waals surface area contributed by atoms with Crippen molar-refractivity contribution < 1.29 is 9.59 Å². The molecule has 1 fully saturated rings. The maximum Gasteiger partial charge on any atom is 0.232 e. The van der Waals surface area contributed by atoms with E-state index in [1.165, 1.54) is 0 Å². The molecule has 0 saturated carbocycles. The van der Waals surface area contributed by atoms with Crippen molar-refractivity contribution in [1.82, 2.24) is 4.90 Å². The van der Waals surface area contributed by atoms with Crippen LogP contribution in [0.25, 0.3) is 0 Å². The van der Waals surface area contributed by atoms with Crippen LogP contribution in [0.1, 0.15) is 25.3 Å². The smallest absolute Gasteiger partial charge is 0.232 e. The quantitative estimate of drug-likeness (QED) is 0.836. The Kier molecular flexibility index (Phi) is 3.57. The molecule has 2 heterocycles. The second-order valence-corrected chi connectivity index (χ2v) is 5.77. The minimum Gasteiger partial charge on any atom is -0.398 e. The SMILES string of the molecule is CCN1CC(C(=O)N2CCCc3c(N)cccc32)CC1=O. The van der Waals surface area contributed by atoms with E-state index in [1.54, 1.807) is 4.90 Å². The van der Waals surface area contributed by atoms with Crippen molar-refractivity contribution in [3.63, 3.8) is 0 Å². The highest BCUT2D eigenvalue weighted by Gasteiger charge is 2.37. The van der Waals surface area contributed by atoms with Crippen LogP contribution in [0.15, 0.2) is 18.2 Å². The molecule has 1 atom stereocenters. The first-order chi connectivity index (χ1) is 10.1. The van der Waals surface area contributed by atoms with E-state index in [1.807, 2.05) is 30.0 Å². The molecule has 112 valence electrons. The van der Waals surface area contributed by atoms with Crippen molar-refractivity contribution >= 4 is 23.2 Å². The summed E-state index contributed by atoms with van der Waals surface area (Å²) in [5, 5.41) is 0. The Balaban J connectivity index is 1.84. The summed E-state index contributed by atoms with van der Waals surface area (Å²) in [6, 6.07) is 5.72. The Hall–Kier alpha value is -2.04. The van der Waals surface area contributed by atoms with E-state index in [4.69, 9.17) is 5.73 Å². The largest absolute Gasteiger partial charge is 0.398 e. The highest BCUT2D eigenvalue weighted by Crippen LogP contribution is 2.33. The summed E-state index contributed by atoms with van der Waals surface area (Å²) in [5.41, 5.74) is 8.76. The number of rotatable bonds is 2. The average molecular weight is 287 g/mol. The summed E-state index contributed by atoms with van der Waals surface area (Å²) < 4.78 is 0. The molecule has 0 radical (unpaired) electrons. The van der Waals surface area contributed by atoms with Crippen LogP contribution in [-0.2, 0) is 16.0 Å². The Morgan fingerprint density at radius 2 is 2.24 bits per heavy atom. The van der Waals surface area contributed by atoms with Gasteiger partial charge in [-0.05, 0) is 37.5 Å². The van der Waals surface area contributed by atoms with Crippen LogP contribution in [0.2, 0.25) is 0 Å². The molecular formula is C16H21N3O2. The van der Waals surface area contributed by atoms with E-state index in [0.717, 1.165) is 29.8 Å². The van der Waals surface area contributed by atoms with Crippen LogP contribution in [0.5, 0.6) is 0 Å². The number of nitrogens with two attached hydrogens (primary N) is 1. The zero-order valence-corrected chi connectivity index (χ0v) is 12.3. The summed E-state index contributed by atoms with van der Waals surface area (Å²) in [5.74, 6) is -0.0728. The number of carbonyl (C=O) groups excluding carboxylic acids is 2. The van der Waals surface area contributed by atoms with Gasteiger partial charge in [0.2, 0.25) is 11.8 Å². The van der Waals surface area contributed by atoms with E-state index in [0.29, 0.717) is 26.1 Å². The summed E-state index contributed by atoms with van der Waals surface area (Å²) in [6.45, 7) is 3.88. The van der Waals surface area contributed by atoms with Crippen LogP contribution in [0.3, 0.4) is 0 Å². The highest BCUT2D eigenvalue weighted by atomic mass is 16.2. The van der Waals surface area contributed by atoms with Crippen molar-refractivity contribution in [3.8, 4) is 0 Å². The Morgan fingerprint density at radius 3 is 2.95 bits per heavy atom. The molecule has 0 spiro atoms. The van der Waals surface area contributed by atoms with Gasteiger partial charge in [0.05, 0.1) is 5.92 Å². The molecular weight excluding hydrogens is 266 g/mol. The molecule has 3 rings (SSSR count). The second kappa shape index (κ2) is 5.39. The molecule has 1 aromatic carbocycles. The maximum absolute atomic E-state index is 12.8. The van der Waals surface area contributed by atoms with Crippen LogP contribution < -0.4 is 10.6 Å². The van der Waals surface area contributed by atoms with Gasteiger partial charge < -0.3 is 15.5 Å². The lowest BCUT2D eigenvalue weighted by atomic mass is 9.97. The number of nitrogen functional groups attached to an aromatic ring is 1. The van der Waals surface area contributed by atoms with Crippen molar-refractivity contribution in [2.45, 2.75) is 26.2 Å². The van der Waals surface area contributed by atoms with Crippen LogP contribution in [0.4, 0.5) is 11.4 Å². The number of anilines is 2. The Labute approximate surface area is 124 Å². The van der Waals surface area contributed by atoms with E-state index >= 15 is 0 Å². The van der Waals surface area contributed by atoms with Gasteiger partial charge in [0.1, 0.15) is 0 Å². The third-order valence-corrected chi connectivity index (χ3v) is 4.50. The second-order valence-electron chi connectivity index (χ2n) is 5.77. The van der Waals surface area contributed by atoms with Gasteiger partial charge >= 0.3 is 0 Å². The van der Waals surface area contributed by atoms with Crippen LogP contribution in [0, 0.1) is 5.92 Å². The zero-order chi connectivity index (χ0) is 15.0. The number of likely N-dealkylation sites (tertiary alicyclic amines) is 1. The predicted octanol–water partition coefficient (Wildman–Crippen LogP) is 1.42. The molecule has 2 aliphatic heterocycles. The van der Waals surface area contributed by atoms with Gasteiger partial charge in [0.25, 0.3) is 0 Å². The zero-order valence-electron chi connectivity index (χ0n) is 12.3. The average Bonchev–Trinajstić information content (AvgIpc) is 2.87. The third-order valence-electron chi connectivity index (χ3n) is 4.50. The lowest BCUT2D eigenvalue weighted by molar-refractivity contribution is -0.128. The molecule has 5 nitrogen and oxygen atoms in total. The fraction of sp³-hybridized carbons (Fsp3) is 0.500. The Morgan fingerprint density at radius 1 is 1.43 bits per heavy atom. The first-order valence-electron chi connectivity index (χ1n) is 7.58. The predicted molar refractivity (Wildman–Crippen MR) is 81.9 cm³/mol. The minimum atomic E-state index is -0.218. The number of benzene rings is 1. The van der Waals surface area contributed by atoms with Gasteiger partial charge in [-0.1, -0.05) is 6.07 Å². The molecule has 2 N–H and O–H groups in total. The molecule has 21 heavy (non-hydrogen) atoms. The lowest BCUT2D eigenvalue weighted by Crippen LogP contribution is -2.40. The summed E-state index contributed by atoms with van der Waals surface area (Å²) in [6.07, 6.45) is 2.17. The number of hydrogen-bond acceptors (Lipinski definition) is 3. The monoisotopic (exact) mass is 287 g/mol. The van der Waals surface area contributed by atoms with Gasteiger partial charge in [-0.3, -0.25) is 9.59 Å². The standard InChI is InChI=1S/C16H21N3O2/c1-2-18-10-11(9-15(18)20)16(21)19-8-4-5-12-13(17)6-3-7-14(12)19/h3,6-7,11H,2,4-5,8-10,17H2,1H3. The van der Waals surface area contributed by atoms with Gasteiger partial charge in [0, 0.05) is 37.4 Å². The fourth-order valence-electron chi connectivity index (χ4n) is 3.34. The topological polar surface area (TPSA) is 66.6 Å². The minimum absolute atomic E-state index is 0.0610. The number of fused-ring (bicyclic) bond motifs is 1. The van der Waals surface area contributed by atoms with Crippen molar-refractivity contribution in [3.05, 3.63) is 23.8 Å². The fourth-order valence-corrected chi connectivity index (χ4v) is 3.34. The summed E-state index contributed by atoms with van der Waals surface area (Å²) in [7, 11) is 0. The molecule has 2 aliphatic rings. The van der Waals surface area contributed by atoms with Gasteiger partial charge in [-0.2, -0.15) is 0 Å². The molecule has 0 aliphatic carbocycles. The highest BCUT2D eigenvalue weighted by molar-refractivity contribution is 6.00. The Bertz CT molecular complexity index is 585. The first-order valence-corrected chi connectivity index (χ1v) is 7.58. The normalized spacial score (nSPS) is 21.6. The van der Waals surface area contributed by atoms with E-state index in [9.17, 15) is 9.59 Å². The molecule has 0 bridgehead atoms. The van der Waals surface area contributed by atoms with Crippen molar-refractivity contribution in [2.24, 2.45) is 5.92 Å². The molecule has 1 saturated heterocycles. The molecule has 1 unspecified atom stereocenters. The molecule has 0 aromatic heterocycles. The van der Waals surface area contributed by atoms with Crippen LogP contribution >= 0.6 is 0 Å². The molecule has 1 aromatic rings. The summed E-state index contributed by atoms with van der Waals surface area (Å²) >= 11 is 0. The van der Waals surface area contributed by atoms with Gasteiger partial charge in [-0.25, -0.2) is 0 Å². The van der Waals surface area contributed by atoms with E-state index in [2.05, 4.69) is 0 Å². The number of nitrogens with zero attached hydrogens (tertiary/aromatic N) is 2. The lowest BCUT2D eigenvalue weighted by Gasteiger charge is -2.32. The van der Waals surface area contributed by atoms with Gasteiger partial charge in [0.15, 0.2) is 0 Å². The van der Waals surface area contributed by atoms with E-state index < -0.39 is 0 Å². The summed E-state index contributed by atoms with van der Waals surface area (Å²) in [4.78, 5) is 28.2. The maximum atomic E-state index is 12.8. The molecule has 5 heteroatoms. The van der Waals surface area contributed by atoms with Crippen molar-refractivity contribution in [2.75, 3.05) is 30.3 Å². The van der Waals surface area contributed by atoms with Crippen molar-refractivity contribution in [1.29, 1.82) is 0 Å². The number of amides is 2. The number of hydrogen-bond donors (Lipinski definition) is 1. The third kappa shape index (κ3) is 2.37. The first kappa shape index (κ1) is 13.9.